The van der Waals surface area contributed by atoms with Gasteiger partial charge >= 0.3 is 0 Å². The van der Waals surface area contributed by atoms with Crippen LogP contribution in [0.5, 0.6) is 0 Å². The van der Waals surface area contributed by atoms with Gasteiger partial charge in [0, 0.05) is 6.04 Å². The number of hydrogen-bond acceptors (Lipinski definition) is 1. The van der Waals surface area contributed by atoms with Crippen molar-refractivity contribution in [1.29, 1.82) is 0 Å². The largest absolute Gasteiger partial charge is 0.314 e. The fraction of sp³-hybridized carbons (Fsp3) is 1.00. The van der Waals surface area contributed by atoms with Gasteiger partial charge in [0.15, 0.2) is 0 Å². The van der Waals surface area contributed by atoms with E-state index in [0.29, 0.717) is 0 Å². The molecule has 0 amide bonds. The summed E-state index contributed by atoms with van der Waals surface area (Å²) in [4.78, 5) is 0. The van der Waals surface area contributed by atoms with Gasteiger partial charge in [-0.3, -0.25) is 0 Å². The molecule has 1 saturated heterocycles. The van der Waals surface area contributed by atoms with Crippen molar-refractivity contribution in [1.82, 2.24) is 5.32 Å². The molecule has 0 aliphatic carbocycles. The number of piperidine rings is 1. The lowest BCUT2D eigenvalue weighted by molar-refractivity contribution is 0.252. The van der Waals surface area contributed by atoms with Crippen molar-refractivity contribution < 1.29 is 0 Å². The van der Waals surface area contributed by atoms with E-state index >= 15 is 0 Å². The van der Waals surface area contributed by atoms with E-state index in [2.05, 4.69) is 26.1 Å². The summed E-state index contributed by atoms with van der Waals surface area (Å²) >= 11 is 0. The van der Waals surface area contributed by atoms with E-state index in [4.69, 9.17) is 0 Å². The quantitative estimate of drug-likeness (QED) is 0.639. The fourth-order valence-electron chi connectivity index (χ4n) is 1.78. The first-order valence-electron chi connectivity index (χ1n) is 5.43. The van der Waals surface area contributed by atoms with Crippen LogP contribution in [-0.2, 0) is 0 Å². The van der Waals surface area contributed by atoms with E-state index in [1.54, 1.807) is 0 Å². The van der Waals surface area contributed by atoms with Crippen LogP contribution in [0.2, 0.25) is 0 Å². The summed E-state index contributed by atoms with van der Waals surface area (Å²) in [6.45, 7) is 12.2. The Hall–Kier alpha value is -0.0400. The van der Waals surface area contributed by atoms with Crippen LogP contribution in [0.25, 0.3) is 0 Å². The molecule has 2 atom stereocenters. The van der Waals surface area contributed by atoms with Gasteiger partial charge in [0.1, 0.15) is 0 Å². The van der Waals surface area contributed by atoms with Crippen LogP contribution < -0.4 is 5.32 Å². The van der Waals surface area contributed by atoms with E-state index in [1.165, 1.54) is 19.4 Å². The molecule has 1 aliphatic rings. The molecule has 74 valence electrons. The van der Waals surface area contributed by atoms with Crippen molar-refractivity contribution in [2.75, 3.05) is 6.54 Å². The van der Waals surface area contributed by atoms with Crippen LogP contribution in [0.4, 0.5) is 0 Å². The number of hydrogen-bond donors (Lipinski definition) is 1. The molecular formula is C11H25N. The summed E-state index contributed by atoms with van der Waals surface area (Å²) in [6.07, 6.45) is 2.75. The summed E-state index contributed by atoms with van der Waals surface area (Å²) in [5, 5.41) is 3.47. The Bertz CT molecular complexity index is 99.2. The van der Waals surface area contributed by atoms with Crippen LogP contribution in [0.3, 0.4) is 0 Å². The van der Waals surface area contributed by atoms with Crippen LogP contribution in [-0.4, -0.2) is 12.6 Å². The molecule has 1 heterocycles. The smallest absolute Gasteiger partial charge is 0.00414 e. The van der Waals surface area contributed by atoms with Crippen molar-refractivity contribution in [3.8, 4) is 0 Å². The number of nitrogens with one attached hydrogen (secondary N) is 1. The Balaban J connectivity index is 0.000000561. The predicted molar refractivity (Wildman–Crippen MR) is 56.4 cm³/mol. The van der Waals surface area contributed by atoms with Gasteiger partial charge in [-0.15, -0.1) is 0 Å². The van der Waals surface area contributed by atoms with E-state index in [0.717, 1.165) is 17.9 Å². The van der Waals surface area contributed by atoms with Gasteiger partial charge in [0.2, 0.25) is 0 Å². The molecule has 0 aromatic rings. The molecule has 1 N–H and O–H groups in total. The van der Waals surface area contributed by atoms with Crippen LogP contribution >= 0.6 is 0 Å². The highest BCUT2D eigenvalue weighted by molar-refractivity contribution is 4.76. The third kappa shape index (κ3) is 4.10. The molecule has 1 nitrogen and oxygen atoms in total. The standard InChI is InChI=1S/C9H19N.C2H6/c1-7(2)9-4-5-10-8(3)6-9;1-2/h7-10H,4-6H2,1-3H3;1-2H3. The van der Waals surface area contributed by atoms with Crippen LogP contribution in [0, 0.1) is 11.8 Å². The second kappa shape index (κ2) is 6.47. The van der Waals surface area contributed by atoms with Gasteiger partial charge < -0.3 is 5.32 Å². The van der Waals surface area contributed by atoms with E-state index in [9.17, 15) is 0 Å². The second-order valence-corrected chi connectivity index (χ2v) is 3.88. The zero-order valence-corrected chi connectivity index (χ0v) is 9.35. The molecule has 1 fully saturated rings. The molecule has 12 heavy (non-hydrogen) atoms. The number of rotatable bonds is 1. The van der Waals surface area contributed by atoms with Gasteiger partial charge in [-0.05, 0) is 38.1 Å². The summed E-state index contributed by atoms with van der Waals surface area (Å²) in [7, 11) is 0. The van der Waals surface area contributed by atoms with Gasteiger partial charge in [-0.2, -0.15) is 0 Å². The fourth-order valence-corrected chi connectivity index (χ4v) is 1.78. The van der Waals surface area contributed by atoms with Crippen LogP contribution in [0.1, 0.15) is 47.5 Å². The normalized spacial score (nSPS) is 29.5. The SMILES string of the molecule is CC.CC1CC(C(C)C)CCN1. The van der Waals surface area contributed by atoms with E-state index in [1.807, 2.05) is 13.8 Å². The molecule has 1 heteroatoms. The molecule has 0 aromatic carbocycles. The van der Waals surface area contributed by atoms with Crippen molar-refractivity contribution >= 4 is 0 Å². The summed E-state index contributed by atoms with van der Waals surface area (Å²) in [5.74, 6) is 1.85. The molecular weight excluding hydrogens is 146 g/mol. The molecule has 2 unspecified atom stereocenters. The summed E-state index contributed by atoms with van der Waals surface area (Å²) in [5.41, 5.74) is 0. The predicted octanol–water partition coefficient (Wildman–Crippen LogP) is 3.06. The van der Waals surface area contributed by atoms with E-state index < -0.39 is 0 Å². The van der Waals surface area contributed by atoms with Gasteiger partial charge in [0.25, 0.3) is 0 Å². The maximum absolute atomic E-state index is 3.47. The summed E-state index contributed by atoms with van der Waals surface area (Å²) < 4.78 is 0. The first-order valence-corrected chi connectivity index (χ1v) is 5.43. The second-order valence-electron chi connectivity index (χ2n) is 3.88. The summed E-state index contributed by atoms with van der Waals surface area (Å²) in [6, 6.07) is 0.751. The third-order valence-electron chi connectivity index (χ3n) is 2.61. The van der Waals surface area contributed by atoms with Crippen molar-refractivity contribution in [2.45, 2.75) is 53.5 Å². The Morgan fingerprint density at radius 2 is 1.83 bits per heavy atom. The minimum absolute atomic E-state index is 0.751. The molecule has 1 aliphatic heterocycles. The molecule has 0 aromatic heterocycles. The van der Waals surface area contributed by atoms with Crippen molar-refractivity contribution in [3.63, 3.8) is 0 Å². The molecule has 0 bridgehead atoms. The maximum Gasteiger partial charge on any atom is 0.00414 e. The highest BCUT2D eigenvalue weighted by Crippen LogP contribution is 2.23. The lowest BCUT2D eigenvalue weighted by Gasteiger charge is -2.30. The molecule has 1 rings (SSSR count). The zero-order chi connectivity index (χ0) is 9.56. The lowest BCUT2D eigenvalue weighted by Crippen LogP contribution is -2.37. The minimum atomic E-state index is 0.751. The Kier molecular flexibility index (Phi) is 6.45. The Morgan fingerprint density at radius 1 is 1.25 bits per heavy atom. The van der Waals surface area contributed by atoms with Gasteiger partial charge in [0.05, 0.1) is 0 Å². The van der Waals surface area contributed by atoms with Crippen molar-refractivity contribution in [3.05, 3.63) is 0 Å². The molecule has 0 radical (unpaired) electrons. The average molecular weight is 171 g/mol. The maximum atomic E-state index is 3.47. The van der Waals surface area contributed by atoms with Crippen molar-refractivity contribution in [2.24, 2.45) is 11.8 Å². The molecule has 0 saturated carbocycles. The van der Waals surface area contributed by atoms with Gasteiger partial charge in [-0.25, -0.2) is 0 Å². The highest BCUT2D eigenvalue weighted by atomic mass is 14.9. The van der Waals surface area contributed by atoms with Gasteiger partial charge in [-0.1, -0.05) is 27.7 Å². The lowest BCUT2D eigenvalue weighted by atomic mass is 9.84. The average Bonchev–Trinajstić information content (AvgIpc) is 2.08. The molecule has 0 spiro atoms. The highest BCUT2D eigenvalue weighted by Gasteiger charge is 2.20. The topological polar surface area (TPSA) is 12.0 Å². The minimum Gasteiger partial charge on any atom is -0.314 e. The zero-order valence-electron chi connectivity index (χ0n) is 9.35. The first kappa shape index (κ1) is 12.0. The van der Waals surface area contributed by atoms with E-state index in [-0.39, 0.29) is 0 Å². The Morgan fingerprint density at radius 3 is 2.17 bits per heavy atom. The monoisotopic (exact) mass is 171 g/mol. The Labute approximate surface area is 77.9 Å². The van der Waals surface area contributed by atoms with Crippen LogP contribution in [0.15, 0.2) is 0 Å². The first-order chi connectivity index (χ1) is 5.70. The third-order valence-corrected chi connectivity index (χ3v) is 2.61.